The summed E-state index contributed by atoms with van der Waals surface area (Å²) >= 11 is 0. The Hall–Kier alpha value is -1.02. The zero-order valence-corrected chi connectivity index (χ0v) is 10.8. The minimum atomic E-state index is 0.356. The van der Waals surface area contributed by atoms with Gasteiger partial charge in [0.25, 0.3) is 0 Å². The van der Waals surface area contributed by atoms with Crippen LogP contribution < -0.4 is 5.32 Å². The number of phenols is 1. The largest absolute Gasteiger partial charge is 0.508 e. The Balaban J connectivity index is 1.85. The summed E-state index contributed by atoms with van der Waals surface area (Å²) < 4.78 is 0. The fourth-order valence-corrected chi connectivity index (χ4v) is 3.04. The number of aromatic hydroxyl groups is 1. The number of nitrogens with one attached hydrogen (secondary N) is 1. The highest BCUT2D eigenvalue weighted by atomic mass is 16.3. The van der Waals surface area contributed by atoms with Crippen molar-refractivity contribution < 1.29 is 5.11 Å². The van der Waals surface area contributed by atoms with Crippen LogP contribution in [0.3, 0.4) is 0 Å². The molecule has 2 rings (SSSR count). The van der Waals surface area contributed by atoms with E-state index in [0.717, 1.165) is 23.9 Å². The van der Waals surface area contributed by atoms with Gasteiger partial charge < -0.3 is 10.4 Å². The van der Waals surface area contributed by atoms with Crippen LogP contribution in [0.1, 0.15) is 38.7 Å². The molecule has 2 unspecified atom stereocenters. The Bertz CT molecular complexity index is 354. The van der Waals surface area contributed by atoms with Crippen molar-refractivity contribution in [1.82, 2.24) is 5.32 Å². The fraction of sp³-hybridized carbons (Fsp3) is 0.600. The van der Waals surface area contributed by atoms with E-state index in [-0.39, 0.29) is 0 Å². The zero-order valence-electron chi connectivity index (χ0n) is 10.8. The van der Waals surface area contributed by atoms with Gasteiger partial charge in [0.05, 0.1) is 0 Å². The van der Waals surface area contributed by atoms with Gasteiger partial charge in [-0.15, -0.1) is 0 Å². The Morgan fingerprint density at radius 2 is 1.88 bits per heavy atom. The lowest BCUT2D eigenvalue weighted by atomic mass is 9.80. The zero-order chi connectivity index (χ0) is 12.3. The SMILES string of the molecule is CC1CC(C)CC(NCc2cccc(O)c2)C1. The number of benzene rings is 1. The van der Waals surface area contributed by atoms with E-state index in [9.17, 15) is 5.11 Å². The summed E-state index contributed by atoms with van der Waals surface area (Å²) in [6.45, 7) is 5.55. The molecule has 0 amide bonds. The van der Waals surface area contributed by atoms with Crippen LogP contribution in [-0.4, -0.2) is 11.1 Å². The molecule has 0 spiro atoms. The smallest absolute Gasteiger partial charge is 0.115 e. The molecule has 0 aromatic heterocycles. The summed E-state index contributed by atoms with van der Waals surface area (Å²) in [5.74, 6) is 2.02. The molecule has 2 nitrogen and oxygen atoms in total. The minimum Gasteiger partial charge on any atom is -0.508 e. The summed E-state index contributed by atoms with van der Waals surface area (Å²) in [5.41, 5.74) is 1.16. The summed E-state index contributed by atoms with van der Waals surface area (Å²) in [6, 6.07) is 8.15. The molecule has 1 aromatic carbocycles. The van der Waals surface area contributed by atoms with E-state index >= 15 is 0 Å². The van der Waals surface area contributed by atoms with Gasteiger partial charge in [0, 0.05) is 12.6 Å². The van der Waals surface area contributed by atoms with E-state index in [1.54, 1.807) is 6.07 Å². The first kappa shape index (κ1) is 12.4. The summed E-state index contributed by atoms with van der Waals surface area (Å²) in [6.07, 6.45) is 3.93. The van der Waals surface area contributed by atoms with Crippen molar-refractivity contribution in [3.05, 3.63) is 29.8 Å². The van der Waals surface area contributed by atoms with Crippen molar-refractivity contribution in [2.45, 2.75) is 45.7 Å². The predicted octanol–water partition coefficient (Wildman–Crippen LogP) is 3.31. The van der Waals surface area contributed by atoms with Crippen LogP contribution in [0.2, 0.25) is 0 Å². The Morgan fingerprint density at radius 1 is 1.18 bits per heavy atom. The van der Waals surface area contributed by atoms with Gasteiger partial charge in [-0.25, -0.2) is 0 Å². The fourth-order valence-electron chi connectivity index (χ4n) is 3.04. The standard InChI is InChI=1S/C15H23NO/c1-11-6-12(2)8-14(7-11)16-10-13-4-3-5-15(17)9-13/h3-5,9,11-12,14,16-17H,6-8,10H2,1-2H3. The van der Waals surface area contributed by atoms with Gasteiger partial charge in [-0.3, -0.25) is 0 Å². The molecule has 17 heavy (non-hydrogen) atoms. The lowest BCUT2D eigenvalue weighted by molar-refractivity contribution is 0.238. The van der Waals surface area contributed by atoms with Crippen molar-refractivity contribution >= 4 is 0 Å². The second-order valence-corrected chi connectivity index (χ2v) is 5.67. The molecule has 0 saturated heterocycles. The minimum absolute atomic E-state index is 0.356. The molecule has 1 aliphatic carbocycles. The van der Waals surface area contributed by atoms with Crippen LogP contribution >= 0.6 is 0 Å². The first-order chi connectivity index (χ1) is 8.13. The van der Waals surface area contributed by atoms with Crippen LogP contribution in [0.15, 0.2) is 24.3 Å². The molecular formula is C15H23NO. The Kier molecular flexibility index (Phi) is 4.06. The quantitative estimate of drug-likeness (QED) is 0.839. The molecule has 0 aliphatic heterocycles. The highest BCUT2D eigenvalue weighted by Crippen LogP contribution is 2.28. The molecule has 1 aromatic rings. The van der Waals surface area contributed by atoms with Crippen LogP contribution in [0.25, 0.3) is 0 Å². The molecule has 0 radical (unpaired) electrons. The van der Waals surface area contributed by atoms with Gasteiger partial charge in [-0.2, -0.15) is 0 Å². The van der Waals surface area contributed by atoms with Gasteiger partial charge in [-0.05, 0) is 48.8 Å². The average molecular weight is 233 g/mol. The van der Waals surface area contributed by atoms with Crippen LogP contribution in [-0.2, 0) is 6.54 Å². The molecule has 2 heteroatoms. The van der Waals surface area contributed by atoms with Crippen LogP contribution in [0.4, 0.5) is 0 Å². The third-order valence-corrected chi connectivity index (χ3v) is 3.68. The van der Waals surface area contributed by atoms with Crippen molar-refractivity contribution in [2.24, 2.45) is 11.8 Å². The van der Waals surface area contributed by atoms with Gasteiger partial charge >= 0.3 is 0 Å². The number of hydrogen-bond donors (Lipinski definition) is 2. The van der Waals surface area contributed by atoms with Gasteiger partial charge in [0.1, 0.15) is 5.75 Å². The second-order valence-electron chi connectivity index (χ2n) is 5.67. The average Bonchev–Trinajstić information content (AvgIpc) is 2.25. The van der Waals surface area contributed by atoms with Crippen molar-refractivity contribution in [3.63, 3.8) is 0 Å². The van der Waals surface area contributed by atoms with Crippen molar-refractivity contribution in [2.75, 3.05) is 0 Å². The first-order valence-electron chi connectivity index (χ1n) is 6.64. The van der Waals surface area contributed by atoms with Gasteiger partial charge in [-0.1, -0.05) is 26.0 Å². The number of hydrogen-bond acceptors (Lipinski definition) is 2. The van der Waals surface area contributed by atoms with E-state index in [1.165, 1.54) is 19.3 Å². The van der Waals surface area contributed by atoms with Crippen LogP contribution in [0.5, 0.6) is 5.75 Å². The summed E-state index contributed by atoms with van der Waals surface area (Å²) in [5, 5.41) is 13.0. The Labute approximate surface area is 104 Å². The molecule has 1 saturated carbocycles. The highest BCUT2D eigenvalue weighted by molar-refractivity contribution is 5.26. The van der Waals surface area contributed by atoms with E-state index in [2.05, 4.69) is 25.2 Å². The molecule has 0 heterocycles. The maximum absolute atomic E-state index is 9.41. The molecule has 1 aliphatic rings. The summed E-state index contributed by atoms with van der Waals surface area (Å²) in [4.78, 5) is 0. The molecule has 94 valence electrons. The van der Waals surface area contributed by atoms with E-state index < -0.39 is 0 Å². The third-order valence-electron chi connectivity index (χ3n) is 3.68. The molecule has 0 bridgehead atoms. The molecule has 1 fully saturated rings. The first-order valence-corrected chi connectivity index (χ1v) is 6.64. The normalized spacial score (nSPS) is 29.2. The van der Waals surface area contributed by atoms with E-state index in [1.807, 2.05) is 12.1 Å². The van der Waals surface area contributed by atoms with Gasteiger partial charge in [0.2, 0.25) is 0 Å². The predicted molar refractivity (Wildman–Crippen MR) is 70.9 cm³/mol. The van der Waals surface area contributed by atoms with Gasteiger partial charge in [0.15, 0.2) is 0 Å². The number of phenolic OH excluding ortho intramolecular Hbond substituents is 1. The third kappa shape index (κ3) is 3.74. The maximum Gasteiger partial charge on any atom is 0.115 e. The lowest BCUT2D eigenvalue weighted by Gasteiger charge is -2.32. The topological polar surface area (TPSA) is 32.3 Å². The summed E-state index contributed by atoms with van der Waals surface area (Å²) in [7, 11) is 0. The molecular weight excluding hydrogens is 210 g/mol. The van der Waals surface area contributed by atoms with Crippen molar-refractivity contribution in [1.29, 1.82) is 0 Å². The lowest BCUT2D eigenvalue weighted by Crippen LogP contribution is -2.35. The maximum atomic E-state index is 9.41. The number of rotatable bonds is 3. The Morgan fingerprint density at radius 3 is 2.53 bits per heavy atom. The van der Waals surface area contributed by atoms with Crippen LogP contribution in [0, 0.1) is 11.8 Å². The van der Waals surface area contributed by atoms with E-state index in [0.29, 0.717) is 11.8 Å². The monoisotopic (exact) mass is 233 g/mol. The second kappa shape index (κ2) is 5.54. The highest BCUT2D eigenvalue weighted by Gasteiger charge is 2.23. The van der Waals surface area contributed by atoms with Crippen molar-refractivity contribution in [3.8, 4) is 5.75 Å². The molecule has 2 atom stereocenters. The molecule has 2 N–H and O–H groups in total. The van der Waals surface area contributed by atoms with E-state index in [4.69, 9.17) is 0 Å².